The van der Waals surface area contributed by atoms with Crippen LogP contribution < -0.4 is 0 Å². The predicted octanol–water partition coefficient (Wildman–Crippen LogP) is 7.65. The van der Waals surface area contributed by atoms with Gasteiger partial charge in [0.15, 0.2) is 0 Å². The van der Waals surface area contributed by atoms with Crippen molar-refractivity contribution in [2.24, 2.45) is 5.41 Å². The lowest BCUT2D eigenvalue weighted by Crippen LogP contribution is -2.29. The summed E-state index contributed by atoms with van der Waals surface area (Å²) in [6.45, 7) is 4.16. The summed E-state index contributed by atoms with van der Waals surface area (Å²) in [5, 5.41) is 23.1. The maximum atomic E-state index is 13.9. The third-order valence-corrected chi connectivity index (χ3v) is 7.81. The molecule has 3 aromatic rings. The summed E-state index contributed by atoms with van der Waals surface area (Å²) in [6, 6.07) is 10.4. The van der Waals surface area contributed by atoms with Gasteiger partial charge in [-0.2, -0.15) is 13.2 Å². The molecule has 2 N–H and O–H groups in total. The van der Waals surface area contributed by atoms with Crippen LogP contribution in [0.4, 0.5) is 17.6 Å². The zero-order chi connectivity index (χ0) is 26.5. The van der Waals surface area contributed by atoms with Crippen molar-refractivity contribution in [3.05, 3.63) is 88.0 Å². The summed E-state index contributed by atoms with van der Waals surface area (Å²) in [4.78, 5) is 5.07. The third kappa shape index (κ3) is 5.04. The average molecular weight is 514 g/mol. The van der Waals surface area contributed by atoms with E-state index in [9.17, 15) is 27.8 Å². The first kappa shape index (κ1) is 25.9. The second-order valence-electron chi connectivity index (χ2n) is 11.2. The minimum Gasteiger partial charge on any atom is -0.388 e. The molecule has 37 heavy (non-hydrogen) atoms. The van der Waals surface area contributed by atoms with E-state index in [1.165, 1.54) is 24.3 Å². The second-order valence-corrected chi connectivity index (χ2v) is 11.2. The number of pyridine rings is 1. The molecule has 2 atom stereocenters. The zero-order valence-electron chi connectivity index (χ0n) is 20.9. The molecule has 196 valence electrons. The zero-order valence-corrected chi connectivity index (χ0v) is 20.9. The summed E-state index contributed by atoms with van der Waals surface area (Å²) in [7, 11) is 0. The molecule has 5 rings (SSSR count). The Morgan fingerprint density at radius 3 is 2.19 bits per heavy atom. The maximum absolute atomic E-state index is 13.9. The van der Waals surface area contributed by atoms with E-state index in [1.807, 2.05) is 0 Å². The Morgan fingerprint density at radius 2 is 1.59 bits per heavy atom. The highest BCUT2D eigenvalue weighted by Gasteiger charge is 2.39. The molecule has 0 spiro atoms. The standard InChI is InChI=1S/C30H31F4NO2/c1-29(2)15-22-25(23(36)16-29)24(17-9-13-21(31)14-10-17)26(27(35-22)18-5-3-4-6-18)28(37)19-7-11-20(12-8-19)30(32,33)34/h7-14,18,23,28,36-37H,3-6,15-16H2,1-2H3/t23-,28+/m0/s1. The molecule has 3 nitrogen and oxygen atoms in total. The molecule has 0 unspecified atom stereocenters. The van der Waals surface area contributed by atoms with Crippen LogP contribution in [0.25, 0.3) is 11.1 Å². The topological polar surface area (TPSA) is 53.4 Å². The first-order chi connectivity index (χ1) is 17.4. The minimum atomic E-state index is -4.48. The fourth-order valence-corrected chi connectivity index (χ4v) is 6.06. The number of halogens is 4. The van der Waals surface area contributed by atoms with E-state index in [0.717, 1.165) is 49.2 Å². The fourth-order valence-electron chi connectivity index (χ4n) is 6.06. The SMILES string of the molecule is CC1(C)Cc2nc(C3CCCC3)c([C@H](O)c3ccc(C(F)(F)F)cc3)c(-c3ccc(F)cc3)c2[C@@H](O)C1. The number of alkyl halides is 3. The van der Waals surface area contributed by atoms with Crippen LogP contribution in [0.15, 0.2) is 48.5 Å². The van der Waals surface area contributed by atoms with Crippen LogP contribution >= 0.6 is 0 Å². The van der Waals surface area contributed by atoms with Crippen LogP contribution in [-0.2, 0) is 12.6 Å². The fraction of sp³-hybridized carbons (Fsp3) is 0.433. The van der Waals surface area contributed by atoms with E-state index in [0.29, 0.717) is 40.7 Å². The van der Waals surface area contributed by atoms with Gasteiger partial charge < -0.3 is 10.2 Å². The van der Waals surface area contributed by atoms with E-state index in [4.69, 9.17) is 4.98 Å². The Kier molecular flexibility index (Phi) is 6.65. The number of aromatic nitrogens is 1. The molecular formula is C30H31F4NO2. The van der Waals surface area contributed by atoms with Crippen molar-refractivity contribution in [1.29, 1.82) is 0 Å². The van der Waals surface area contributed by atoms with E-state index >= 15 is 0 Å². The summed E-state index contributed by atoms with van der Waals surface area (Å²) >= 11 is 0. The van der Waals surface area contributed by atoms with E-state index < -0.39 is 29.8 Å². The Bertz CT molecular complexity index is 1280. The first-order valence-electron chi connectivity index (χ1n) is 12.8. The van der Waals surface area contributed by atoms with E-state index in [2.05, 4.69) is 13.8 Å². The van der Waals surface area contributed by atoms with Gasteiger partial charge >= 0.3 is 6.18 Å². The van der Waals surface area contributed by atoms with Gasteiger partial charge in [0, 0.05) is 22.7 Å². The molecule has 2 aromatic carbocycles. The normalized spacial score (nSPS) is 20.6. The average Bonchev–Trinajstić information content (AvgIpc) is 3.37. The lowest BCUT2D eigenvalue weighted by atomic mass is 9.71. The van der Waals surface area contributed by atoms with Gasteiger partial charge in [0.1, 0.15) is 11.9 Å². The number of benzene rings is 2. The Labute approximate surface area is 214 Å². The number of rotatable bonds is 4. The number of nitrogens with zero attached hydrogens (tertiary/aromatic N) is 1. The highest BCUT2D eigenvalue weighted by atomic mass is 19.4. The quantitative estimate of drug-likeness (QED) is 0.352. The van der Waals surface area contributed by atoms with Gasteiger partial charge in [-0.1, -0.05) is 51.0 Å². The number of aliphatic hydroxyl groups excluding tert-OH is 2. The van der Waals surface area contributed by atoms with Crippen LogP contribution in [0, 0.1) is 11.2 Å². The van der Waals surface area contributed by atoms with Gasteiger partial charge in [0.25, 0.3) is 0 Å². The van der Waals surface area contributed by atoms with Gasteiger partial charge in [-0.15, -0.1) is 0 Å². The largest absolute Gasteiger partial charge is 0.416 e. The van der Waals surface area contributed by atoms with Crippen molar-refractivity contribution in [2.75, 3.05) is 0 Å². The summed E-state index contributed by atoms with van der Waals surface area (Å²) in [5.41, 5.74) is 3.20. The molecule has 0 aliphatic heterocycles. The van der Waals surface area contributed by atoms with E-state index in [-0.39, 0.29) is 11.3 Å². The number of hydrogen-bond donors (Lipinski definition) is 2. The third-order valence-electron chi connectivity index (χ3n) is 7.81. The van der Waals surface area contributed by atoms with E-state index in [1.54, 1.807) is 12.1 Å². The molecule has 0 saturated heterocycles. The number of fused-ring (bicyclic) bond motifs is 1. The highest BCUT2D eigenvalue weighted by Crippen LogP contribution is 2.50. The summed E-state index contributed by atoms with van der Waals surface area (Å²) < 4.78 is 53.5. The van der Waals surface area contributed by atoms with Gasteiger partial charge in [-0.25, -0.2) is 4.39 Å². The summed E-state index contributed by atoms with van der Waals surface area (Å²) in [6.07, 6.45) is -1.61. The molecule has 1 fully saturated rings. The van der Waals surface area contributed by atoms with Crippen molar-refractivity contribution >= 4 is 0 Å². The van der Waals surface area contributed by atoms with Crippen LogP contribution in [0.1, 0.15) is 97.7 Å². The van der Waals surface area contributed by atoms with Crippen LogP contribution in [0.5, 0.6) is 0 Å². The summed E-state index contributed by atoms with van der Waals surface area (Å²) in [5.74, 6) is -0.319. The van der Waals surface area contributed by atoms with Crippen LogP contribution in [-0.4, -0.2) is 15.2 Å². The van der Waals surface area contributed by atoms with Crippen LogP contribution in [0.3, 0.4) is 0 Å². The highest BCUT2D eigenvalue weighted by molar-refractivity contribution is 5.75. The Balaban J connectivity index is 1.77. The molecular weight excluding hydrogens is 482 g/mol. The van der Waals surface area contributed by atoms with Crippen LogP contribution in [0.2, 0.25) is 0 Å². The van der Waals surface area contributed by atoms with Gasteiger partial charge in [-0.05, 0) is 72.1 Å². The molecule has 2 aliphatic carbocycles. The molecule has 2 aliphatic rings. The monoisotopic (exact) mass is 513 g/mol. The molecule has 0 amide bonds. The van der Waals surface area contributed by atoms with Gasteiger partial charge in [0.05, 0.1) is 17.4 Å². The van der Waals surface area contributed by atoms with Crippen molar-refractivity contribution in [3.8, 4) is 11.1 Å². The lowest BCUT2D eigenvalue weighted by molar-refractivity contribution is -0.137. The molecule has 1 heterocycles. The van der Waals surface area contributed by atoms with Gasteiger partial charge in [-0.3, -0.25) is 4.98 Å². The van der Waals surface area contributed by atoms with Crippen molar-refractivity contribution in [1.82, 2.24) is 4.98 Å². The molecule has 1 saturated carbocycles. The Morgan fingerprint density at radius 1 is 0.973 bits per heavy atom. The van der Waals surface area contributed by atoms with Gasteiger partial charge in [0.2, 0.25) is 0 Å². The van der Waals surface area contributed by atoms with Crippen molar-refractivity contribution in [2.45, 2.75) is 76.7 Å². The minimum absolute atomic E-state index is 0.0887. The molecule has 1 aromatic heterocycles. The molecule has 0 radical (unpaired) electrons. The van der Waals surface area contributed by atoms with Crippen molar-refractivity contribution in [3.63, 3.8) is 0 Å². The first-order valence-corrected chi connectivity index (χ1v) is 12.8. The lowest BCUT2D eigenvalue weighted by Gasteiger charge is -2.37. The second kappa shape index (κ2) is 9.52. The molecule has 7 heteroatoms. The number of hydrogen-bond acceptors (Lipinski definition) is 3. The molecule has 0 bridgehead atoms. The maximum Gasteiger partial charge on any atom is 0.416 e. The smallest absolute Gasteiger partial charge is 0.388 e. The number of aliphatic hydroxyl groups is 2. The Hall–Kier alpha value is -2.77. The van der Waals surface area contributed by atoms with Crippen molar-refractivity contribution < 1.29 is 27.8 Å². The predicted molar refractivity (Wildman–Crippen MR) is 133 cm³/mol.